The molecular formula is C21H18ClNO2S2. The minimum atomic E-state index is -3.64. The van der Waals surface area contributed by atoms with Crippen molar-refractivity contribution >= 4 is 33.4 Å². The van der Waals surface area contributed by atoms with E-state index >= 15 is 0 Å². The molecule has 3 nitrogen and oxygen atoms in total. The fourth-order valence-electron chi connectivity index (χ4n) is 3.08. The summed E-state index contributed by atoms with van der Waals surface area (Å²) in [5.74, 6) is 0. The van der Waals surface area contributed by atoms with E-state index in [1.54, 1.807) is 40.3 Å². The lowest BCUT2D eigenvalue weighted by molar-refractivity contribution is 0.344. The summed E-state index contributed by atoms with van der Waals surface area (Å²) in [5, 5.41) is 0.104. The van der Waals surface area contributed by atoms with Crippen LogP contribution in [0.4, 0.5) is 0 Å². The topological polar surface area (TPSA) is 37.4 Å². The molecule has 0 bridgehead atoms. The van der Waals surface area contributed by atoms with Crippen LogP contribution in [0, 0.1) is 6.92 Å². The summed E-state index contributed by atoms with van der Waals surface area (Å²) in [4.78, 5) is 0.313. The van der Waals surface area contributed by atoms with E-state index in [-0.39, 0.29) is 10.7 Å². The van der Waals surface area contributed by atoms with Crippen LogP contribution < -0.4 is 0 Å². The molecule has 27 heavy (non-hydrogen) atoms. The van der Waals surface area contributed by atoms with Crippen molar-refractivity contribution in [1.29, 1.82) is 0 Å². The lowest BCUT2D eigenvalue weighted by Gasteiger charge is -2.46. The lowest BCUT2D eigenvalue weighted by Crippen LogP contribution is -2.43. The van der Waals surface area contributed by atoms with Crippen molar-refractivity contribution in [2.24, 2.45) is 0 Å². The van der Waals surface area contributed by atoms with E-state index in [4.69, 9.17) is 11.6 Å². The molecule has 0 N–H and O–H groups in total. The second kappa shape index (κ2) is 7.32. The highest BCUT2D eigenvalue weighted by molar-refractivity contribution is 8.03. The molecular weight excluding hydrogens is 398 g/mol. The highest BCUT2D eigenvalue weighted by atomic mass is 35.5. The van der Waals surface area contributed by atoms with E-state index in [0.717, 1.165) is 16.7 Å². The molecule has 1 fully saturated rings. The Morgan fingerprint density at radius 3 is 1.96 bits per heavy atom. The molecule has 0 aromatic heterocycles. The van der Waals surface area contributed by atoms with Gasteiger partial charge in [-0.3, -0.25) is 0 Å². The van der Waals surface area contributed by atoms with Crippen molar-refractivity contribution in [2.45, 2.75) is 22.6 Å². The highest BCUT2D eigenvalue weighted by Crippen LogP contribution is 2.59. The minimum absolute atomic E-state index is 0.252. The van der Waals surface area contributed by atoms with Crippen LogP contribution in [0.2, 0.25) is 5.02 Å². The average molecular weight is 416 g/mol. The molecule has 0 aliphatic carbocycles. The number of halogens is 1. The first-order valence-electron chi connectivity index (χ1n) is 8.53. The van der Waals surface area contributed by atoms with E-state index in [2.05, 4.69) is 0 Å². The van der Waals surface area contributed by atoms with Crippen LogP contribution in [-0.2, 0) is 10.0 Å². The third kappa shape index (κ3) is 3.52. The Hall–Kier alpha value is -1.79. The minimum Gasteiger partial charge on any atom is -0.207 e. The molecule has 1 heterocycles. The molecule has 4 rings (SSSR count). The molecule has 0 saturated carbocycles. The summed E-state index contributed by atoms with van der Waals surface area (Å²) in [6.07, 6.45) is 0. The van der Waals surface area contributed by atoms with Gasteiger partial charge in [0.15, 0.2) is 0 Å². The number of sulfonamides is 1. The number of aryl methyl sites for hydroxylation is 1. The number of rotatable bonds is 4. The molecule has 1 saturated heterocycles. The van der Waals surface area contributed by atoms with Gasteiger partial charge >= 0.3 is 0 Å². The smallest absolute Gasteiger partial charge is 0.207 e. The zero-order valence-electron chi connectivity index (χ0n) is 14.6. The summed E-state index contributed by atoms with van der Waals surface area (Å²) in [6.45, 7) is 1.94. The summed E-state index contributed by atoms with van der Waals surface area (Å²) < 4.78 is 28.5. The van der Waals surface area contributed by atoms with Gasteiger partial charge in [-0.25, -0.2) is 8.42 Å². The lowest BCUT2D eigenvalue weighted by atomic mass is 10.2. The van der Waals surface area contributed by atoms with Crippen LogP contribution >= 0.6 is 23.4 Å². The van der Waals surface area contributed by atoms with Gasteiger partial charge in [-0.15, -0.1) is 11.8 Å². The van der Waals surface area contributed by atoms with Crippen LogP contribution in [0.1, 0.15) is 27.4 Å². The van der Waals surface area contributed by atoms with Gasteiger partial charge in [0.05, 0.1) is 15.6 Å². The first-order chi connectivity index (χ1) is 13.0. The summed E-state index contributed by atoms with van der Waals surface area (Å²) in [6, 6.07) is 24.1. The Morgan fingerprint density at radius 1 is 0.815 bits per heavy atom. The zero-order chi connectivity index (χ0) is 19.0. The normalized spacial score (nSPS) is 20.2. The van der Waals surface area contributed by atoms with Gasteiger partial charge in [-0.2, -0.15) is 4.31 Å². The maximum absolute atomic E-state index is 13.4. The maximum Gasteiger partial charge on any atom is 0.245 e. The quantitative estimate of drug-likeness (QED) is 0.541. The Labute approximate surface area is 169 Å². The van der Waals surface area contributed by atoms with Gasteiger partial charge in [0.2, 0.25) is 10.0 Å². The Balaban J connectivity index is 1.76. The molecule has 0 unspecified atom stereocenters. The third-order valence-corrected chi connectivity index (χ3v) is 8.43. The van der Waals surface area contributed by atoms with Gasteiger partial charge in [0, 0.05) is 5.02 Å². The molecule has 0 radical (unpaired) electrons. The number of hydrogen-bond donors (Lipinski definition) is 0. The summed E-state index contributed by atoms with van der Waals surface area (Å²) in [7, 11) is -3.64. The van der Waals surface area contributed by atoms with Crippen molar-refractivity contribution in [3.8, 4) is 0 Å². The molecule has 2 atom stereocenters. The van der Waals surface area contributed by atoms with Crippen molar-refractivity contribution in [1.82, 2.24) is 4.31 Å². The standard InChI is InChI=1S/C21H18ClNO2S2/c1-15-7-13-19(14-8-15)27(24,25)23-20(16-5-3-2-4-6-16)26-21(23)17-9-11-18(22)12-10-17/h2-14,20-21H,1H3/t20-,21+/m0/s1. The molecule has 138 valence electrons. The van der Waals surface area contributed by atoms with Crippen molar-refractivity contribution < 1.29 is 8.42 Å². The van der Waals surface area contributed by atoms with Crippen LogP contribution in [0.25, 0.3) is 0 Å². The number of benzene rings is 3. The number of nitrogens with zero attached hydrogens (tertiary/aromatic N) is 1. The molecule has 1 aliphatic rings. The Morgan fingerprint density at radius 2 is 1.37 bits per heavy atom. The SMILES string of the molecule is Cc1ccc(S(=O)(=O)N2[C@@H](c3ccc(Cl)cc3)S[C@H]2c2ccccc2)cc1. The highest BCUT2D eigenvalue weighted by Gasteiger charge is 2.48. The second-order valence-corrected chi connectivity index (χ2v) is 9.90. The zero-order valence-corrected chi connectivity index (χ0v) is 17.0. The maximum atomic E-state index is 13.4. The van der Waals surface area contributed by atoms with E-state index in [9.17, 15) is 8.42 Å². The van der Waals surface area contributed by atoms with E-state index in [0.29, 0.717) is 9.92 Å². The predicted molar refractivity (Wildman–Crippen MR) is 111 cm³/mol. The van der Waals surface area contributed by atoms with Crippen molar-refractivity contribution in [2.75, 3.05) is 0 Å². The van der Waals surface area contributed by atoms with E-state index < -0.39 is 10.0 Å². The van der Waals surface area contributed by atoms with Crippen molar-refractivity contribution in [3.05, 3.63) is 101 Å². The van der Waals surface area contributed by atoms with E-state index in [1.165, 1.54) is 0 Å². The first kappa shape index (κ1) is 18.6. The monoisotopic (exact) mass is 415 g/mol. The average Bonchev–Trinajstić information content (AvgIpc) is 2.63. The molecule has 3 aromatic rings. The predicted octanol–water partition coefficient (Wildman–Crippen LogP) is 5.78. The van der Waals surface area contributed by atoms with Gasteiger partial charge in [-0.1, -0.05) is 71.8 Å². The van der Waals surface area contributed by atoms with Crippen LogP contribution in [0.3, 0.4) is 0 Å². The Bertz CT molecular complexity index is 1040. The fraction of sp³-hybridized carbons (Fsp3) is 0.143. The van der Waals surface area contributed by atoms with Crippen molar-refractivity contribution in [3.63, 3.8) is 0 Å². The molecule has 1 aliphatic heterocycles. The summed E-state index contributed by atoms with van der Waals surface area (Å²) >= 11 is 7.62. The van der Waals surface area contributed by atoms with Gasteiger partial charge in [0.25, 0.3) is 0 Å². The number of hydrogen-bond acceptors (Lipinski definition) is 3. The third-order valence-electron chi connectivity index (χ3n) is 4.56. The Kier molecular flexibility index (Phi) is 5.03. The van der Waals surface area contributed by atoms with Gasteiger partial charge in [-0.05, 0) is 42.3 Å². The largest absolute Gasteiger partial charge is 0.245 e. The number of thioether (sulfide) groups is 1. The van der Waals surface area contributed by atoms with E-state index in [1.807, 2.05) is 61.5 Å². The summed E-state index contributed by atoms with van der Waals surface area (Å²) in [5.41, 5.74) is 2.93. The first-order valence-corrected chi connectivity index (χ1v) is 11.3. The second-order valence-electron chi connectivity index (χ2n) is 6.45. The van der Waals surface area contributed by atoms with Crippen LogP contribution in [0.15, 0.2) is 83.8 Å². The fourth-order valence-corrected chi connectivity index (χ4v) is 6.82. The van der Waals surface area contributed by atoms with Gasteiger partial charge in [0.1, 0.15) is 0 Å². The molecule has 0 spiro atoms. The van der Waals surface area contributed by atoms with Crippen LogP contribution in [0.5, 0.6) is 0 Å². The molecule has 3 aromatic carbocycles. The molecule has 6 heteroatoms. The molecule has 0 amide bonds. The van der Waals surface area contributed by atoms with Gasteiger partial charge < -0.3 is 0 Å². The van der Waals surface area contributed by atoms with Crippen LogP contribution in [-0.4, -0.2) is 12.7 Å².